The van der Waals surface area contributed by atoms with Gasteiger partial charge >= 0.3 is 0 Å². The lowest BCUT2D eigenvalue weighted by atomic mass is 10.1. The smallest absolute Gasteiger partial charge is 0.242 e. The first kappa shape index (κ1) is 18.1. The number of benzene rings is 2. The third kappa shape index (κ3) is 4.67. The summed E-state index contributed by atoms with van der Waals surface area (Å²) >= 11 is 0. The van der Waals surface area contributed by atoms with Gasteiger partial charge in [-0.05, 0) is 55.9 Å². The maximum atomic E-state index is 13.5. The summed E-state index contributed by atoms with van der Waals surface area (Å²) in [6, 6.07) is 15.3. The van der Waals surface area contributed by atoms with Crippen molar-refractivity contribution >= 4 is 0 Å². The summed E-state index contributed by atoms with van der Waals surface area (Å²) in [4.78, 5) is 4.41. The number of nitrogens with one attached hydrogen (secondary N) is 1. The summed E-state index contributed by atoms with van der Waals surface area (Å²) in [5.41, 5.74) is 3.05. The van der Waals surface area contributed by atoms with Gasteiger partial charge in [-0.15, -0.1) is 5.10 Å². The topological polar surface area (TPSA) is 52.0 Å². The monoisotopic (exact) mass is 354 g/mol. The van der Waals surface area contributed by atoms with Gasteiger partial charge in [-0.3, -0.25) is 0 Å². The molecule has 6 heteroatoms. The molecule has 0 saturated carbocycles. The second kappa shape index (κ2) is 7.66. The Labute approximate surface area is 152 Å². The quantitative estimate of drug-likeness (QED) is 0.701. The minimum atomic E-state index is -1.71. The fourth-order valence-corrected chi connectivity index (χ4v) is 2.60. The molecule has 0 aliphatic carbocycles. The molecule has 3 aromatic rings. The lowest BCUT2D eigenvalue weighted by molar-refractivity contribution is -0.0257. The zero-order chi connectivity index (χ0) is 18.6. The molecule has 3 rings (SSSR count). The fourth-order valence-electron chi connectivity index (χ4n) is 2.60. The van der Waals surface area contributed by atoms with Crippen LogP contribution in [0.1, 0.15) is 19.4 Å². The molecule has 0 unspecified atom stereocenters. The molecule has 0 amide bonds. The zero-order valence-corrected chi connectivity index (χ0v) is 15.2. The number of halogens is 1. The van der Waals surface area contributed by atoms with E-state index in [9.17, 15) is 4.39 Å². The molecule has 0 aliphatic rings. The van der Waals surface area contributed by atoms with Gasteiger partial charge in [0.2, 0.25) is 5.85 Å². The normalized spacial score (nSPS) is 11.5. The average Bonchev–Trinajstić information content (AvgIpc) is 3.10. The molecule has 0 bridgehead atoms. The van der Waals surface area contributed by atoms with E-state index in [0.717, 1.165) is 24.2 Å². The SMILES string of the molecule is CNCCc1cccc(-c2ncn(-c3ccc(OC(C)(C)F)cc3)n2)c1. The van der Waals surface area contributed by atoms with Crippen LogP contribution in [0.2, 0.25) is 0 Å². The summed E-state index contributed by atoms with van der Waals surface area (Å²) in [6.07, 6.45) is 2.63. The molecule has 5 nitrogen and oxygen atoms in total. The number of likely N-dealkylation sites (N-methyl/N-ethyl adjacent to an activating group) is 1. The molecule has 1 heterocycles. The van der Waals surface area contributed by atoms with E-state index < -0.39 is 5.85 Å². The predicted octanol–water partition coefficient (Wildman–Crippen LogP) is 3.78. The lowest BCUT2D eigenvalue weighted by Crippen LogP contribution is -2.20. The van der Waals surface area contributed by atoms with E-state index in [2.05, 4.69) is 27.5 Å². The highest BCUT2D eigenvalue weighted by Gasteiger charge is 2.16. The largest absolute Gasteiger partial charge is 0.459 e. The molecule has 0 aliphatic heterocycles. The minimum Gasteiger partial charge on any atom is -0.459 e. The highest BCUT2D eigenvalue weighted by atomic mass is 19.2. The van der Waals surface area contributed by atoms with Gasteiger partial charge in [-0.1, -0.05) is 18.2 Å². The molecule has 0 saturated heterocycles. The predicted molar refractivity (Wildman–Crippen MR) is 100 cm³/mol. The van der Waals surface area contributed by atoms with Crippen LogP contribution in [-0.2, 0) is 6.42 Å². The van der Waals surface area contributed by atoms with Gasteiger partial charge in [0.25, 0.3) is 0 Å². The summed E-state index contributed by atoms with van der Waals surface area (Å²) in [5.74, 6) is -0.569. The molecule has 0 spiro atoms. The summed E-state index contributed by atoms with van der Waals surface area (Å²) in [6.45, 7) is 3.67. The van der Waals surface area contributed by atoms with E-state index in [1.807, 2.05) is 31.3 Å². The Balaban J connectivity index is 1.77. The first-order chi connectivity index (χ1) is 12.4. The van der Waals surface area contributed by atoms with Crippen molar-refractivity contribution in [1.29, 1.82) is 0 Å². The Morgan fingerprint density at radius 2 is 1.92 bits per heavy atom. The van der Waals surface area contributed by atoms with E-state index in [0.29, 0.717) is 11.6 Å². The van der Waals surface area contributed by atoms with E-state index in [-0.39, 0.29) is 0 Å². The van der Waals surface area contributed by atoms with Crippen molar-refractivity contribution in [3.8, 4) is 22.8 Å². The second-order valence-electron chi connectivity index (χ2n) is 6.53. The van der Waals surface area contributed by atoms with Gasteiger partial charge in [0.05, 0.1) is 5.69 Å². The van der Waals surface area contributed by atoms with Crippen molar-refractivity contribution in [1.82, 2.24) is 20.1 Å². The van der Waals surface area contributed by atoms with Gasteiger partial charge in [0.15, 0.2) is 5.82 Å². The van der Waals surface area contributed by atoms with E-state index in [1.165, 1.54) is 19.4 Å². The summed E-state index contributed by atoms with van der Waals surface area (Å²) < 4.78 is 20.4. The molecule has 0 radical (unpaired) electrons. The third-order valence-electron chi connectivity index (χ3n) is 3.80. The zero-order valence-electron chi connectivity index (χ0n) is 15.2. The number of ether oxygens (including phenoxy) is 1. The summed E-state index contributed by atoms with van der Waals surface area (Å²) in [7, 11) is 1.94. The van der Waals surface area contributed by atoms with E-state index in [4.69, 9.17) is 4.74 Å². The standard InChI is InChI=1S/C20H23FN4O/c1-20(2,21)26-18-9-7-17(8-10-18)25-14-23-19(24-25)16-6-4-5-15(13-16)11-12-22-3/h4-10,13-14,22H,11-12H2,1-3H3. The van der Waals surface area contributed by atoms with Gasteiger partial charge < -0.3 is 10.1 Å². The van der Waals surface area contributed by atoms with Crippen molar-refractivity contribution in [3.05, 3.63) is 60.4 Å². The highest BCUT2D eigenvalue weighted by Crippen LogP contribution is 2.22. The van der Waals surface area contributed by atoms with E-state index >= 15 is 0 Å². The van der Waals surface area contributed by atoms with Crippen LogP contribution in [0, 0.1) is 0 Å². The van der Waals surface area contributed by atoms with Crippen LogP contribution < -0.4 is 10.1 Å². The maximum absolute atomic E-state index is 13.5. The summed E-state index contributed by atoms with van der Waals surface area (Å²) in [5, 5.41) is 7.70. The molecule has 0 atom stereocenters. The van der Waals surface area contributed by atoms with Crippen LogP contribution in [0.15, 0.2) is 54.9 Å². The Kier molecular flexibility index (Phi) is 5.32. The molecular weight excluding hydrogens is 331 g/mol. The number of rotatable bonds is 7. The molecule has 2 aromatic carbocycles. The third-order valence-corrected chi connectivity index (χ3v) is 3.80. The van der Waals surface area contributed by atoms with Crippen molar-refractivity contribution < 1.29 is 9.13 Å². The van der Waals surface area contributed by atoms with Crippen LogP contribution in [0.25, 0.3) is 17.1 Å². The maximum Gasteiger partial charge on any atom is 0.242 e. The lowest BCUT2D eigenvalue weighted by Gasteiger charge is -2.17. The van der Waals surface area contributed by atoms with Gasteiger partial charge in [0, 0.05) is 19.4 Å². The van der Waals surface area contributed by atoms with Gasteiger partial charge in [0.1, 0.15) is 12.1 Å². The second-order valence-corrected chi connectivity index (χ2v) is 6.53. The first-order valence-electron chi connectivity index (χ1n) is 8.58. The molecule has 26 heavy (non-hydrogen) atoms. The van der Waals surface area contributed by atoms with Gasteiger partial charge in [-0.25, -0.2) is 9.67 Å². The molecule has 136 valence electrons. The Morgan fingerprint density at radius 3 is 2.62 bits per heavy atom. The Bertz CT molecular complexity index is 853. The molecule has 1 aromatic heterocycles. The van der Waals surface area contributed by atoms with Crippen molar-refractivity contribution in [3.63, 3.8) is 0 Å². The Hall–Kier alpha value is -2.73. The average molecular weight is 354 g/mol. The number of hydrogen-bond acceptors (Lipinski definition) is 4. The molecule has 0 fully saturated rings. The van der Waals surface area contributed by atoms with Crippen molar-refractivity contribution in [2.75, 3.05) is 13.6 Å². The molecule has 1 N–H and O–H groups in total. The van der Waals surface area contributed by atoms with Crippen molar-refractivity contribution in [2.24, 2.45) is 0 Å². The van der Waals surface area contributed by atoms with Crippen LogP contribution >= 0.6 is 0 Å². The number of aromatic nitrogens is 3. The number of hydrogen-bond donors (Lipinski definition) is 1. The van der Waals surface area contributed by atoms with Crippen LogP contribution in [0.3, 0.4) is 0 Å². The van der Waals surface area contributed by atoms with Crippen molar-refractivity contribution in [2.45, 2.75) is 26.1 Å². The number of alkyl halides is 1. The highest BCUT2D eigenvalue weighted by molar-refractivity contribution is 5.56. The van der Waals surface area contributed by atoms with Gasteiger partial charge in [-0.2, -0.15) is 4.39 Å². The van der Waals surface area contributed by atoms with Crippen LogP contribution in [0.5, 0.6) is 5.75 Å². The van der Waals surface area contributed by atoms with Crippen LogP contribution in [-0.4, -0.2) is 34.2 Å². The fraction of sp³-hybridized carbons (Fsp3) is 0.300. The van der Waals surface area contributed by atoms with Crippen LogP contribution in [0.4, 0.5) is 4.39 Å². The van der Waals surface area contributed by atoms with E-state index in [1.54, 1.807) is 23.1 Å². The first-order valence-corrected chi connectivity index (χ1v) is 8.58. The number of nitrogens with zero attached hydrogens (tertiary/aromatic N) is 3. The Morgan fingerprint density at radius 1 is 1.15 bits per heavy atom. The molecular formula is C20H23FN4O. The minimum absolute atomic E-state index is 0.471.